The molecule has 0 aliphatic rings. The Morgan fingerprint density at radius 1 is 1.17 bits per heavy atom. The molecule has 1 aromatic carbocycles. The van der Waals surface area contributed by atoms with E-state index in [0.717, 1.165) is 5.56 Å². The van der Waals surface area contributed by atoms with E-state index in [9.17, 15) is 0 Å². The van der Waals surface area contributed by atoms with Gasteiger partial charge in [-0.2, -0.15) is 0 Å². The zero-order valence-electron chi connectivity index (χ0n) is 11.6. The van der Waals surface area contributed by atoms with Gasteiger partial charge in [-0.25, -0.2) is 0 Å². The van der Waals surface area contributed by atoms with Crippen molar-refractivity contribution in [3.63, 3.8) is 0 Å². The first-order valence-corrected chi connectivity index (χ1v) is 7.02. The molecule has 0 aliphatic heterocycles. The lowest BCUT2D eigenvalue weighted by molar-refractivity contribution is 0.130. The molecule has 2 nitrogen and oxygen atoms in total. The van der Waals surface area contributed by atoms with Crippen LogP contribution in [0.25, 0.3) is 0 Å². The first-order chi connectivity index (χ1) is 8.83. The van der Waals surface area contributed by atoms with Crippen molar-refractivity contribution >= 4 is 6.21 Å². The van der Waals surface area contributed by atoms with Crippen LogP contribution in [-0.2, 0) is 11.4 Å². The summed E-state index contributed by atoms with van der Waals surface area (Å²) in [6.45, 7) is 4.99. The van der Waals surface area contributed by atoms with Crippen LogP contribution in [-0.4, -0.2) is 6.21 Å². The monoisotopic (exact) mass is 247 g/mol. The zero-order chi connectivity index (χ0) is 13.1. The van der Waals surface area contributed by atoms with Crippen LogP contribution in [0.3, 0.4) is 0 Å². The van der Waals surface area contributed by atoms with Crippen molar-refractivity contribution in [2.75, 3.05) is 0 Å². The first-order valence-electron chi connectivity index (χ1n) is 7.02. The molecule has 0 spiro atoms. The van der Waals surface area contributed by atoms with E-state index in [1.54, 1.807) is 0 Å². The molecule has 0 saturated heterocycles. The fourth-order valence-electron chi connectivity index (χ4n) is 1.80. The maximum Gasteiger partial charge on any atom is 0.142 e. The summed E-state index contributed by atoms with van der Waals surface area (Å²) in [5.74, 6) is 0.512. The van der Waals surface area contributed by atoms with Crippen molar-refractivity contribution in [2.45, 2.75) is 52.6 Å². The Hall–Kier alpha value is -1.31. The van der Waals surface area contributed by atoms with Crippen molar-refractivity contribution in [1.82, 2.24) is 0 Å². The molecule has 0 heterocycles. The van der Waals surface area contributed by atoms with E-state index >= 15 is 0 Å². The lowest BCUT2D eigenvalue weighted by atomic mass is 10.0. The number of hydrogen-bond acceptors (Lipinski definition) is 2. The minimum absolute atomic E-state index is 0.512. The molecule has 0 fully saturated rings. The molecule has 1 atom stereocenters. The molecule has 0 aromatic heterocycles. The van der Waals surface area contributed by atoms with Crippen LogP contribution in [0.5, 0.6) is 0 Å². The van der Waals surface area contributed by atoms with Crippen molar-refractivity contribution in [3.8, 4) is 0 Å². The molecule has 0 saturated carbocycles. The summed E-state index contributed by atoms with van der Waals surface area (Å²) in [5, 5.41) is 4.04. The Labute approximate surface area is 111 Å². The highest BCUT2D eigenvalue weighted by Gasteiger charge is 1.98. The Kier molecular flexibility index (Phi) is 7.94. The van der Waals surface area contributed by atoms with E-state index < -0.39 is 0 Å². The Morgan fingerprint density at radius 2 is 1.94 bits per heavy atom. The molecule has 2 heteroatoms. The molecule has 0 amide bonds. The quantitative estimate of drug-likeness (QED) is 0.349. The zero-order valence-corrected chi connectivity index (χ0v) is 11.6. The van der Waals surface area contributed by atoms with Gasteiger partial charge in [0, 0.05) is 6.21 Å². The van der Waals surface area contributed by atoms with Crippen molar-refractivity contribution in [3.05, 3.63) is 35.9 Å². The van der Waals surface area contributed by atoms with Crippen LogP contribution in [0.15, 0.2) is 35.5 Å². The largest absolute Gasteiger partial charge is 0.391 e. The maximum absolute atomic E-state index is 5.29. The molecule has 0 N–H and O–H groups in total. The second-order valence-corrected chi connectivity index (χ2v) is 4.84. The van der Waals surface area contributed by atoms with E-state index in [2.05, 4.69) is 19.0 Å². The van der Waals surface area contributed by atoms with Crippen LogP contribution in [0, 0.1) is 5.92 Å². The maximum atomic E-state index is 5.29. The van der Waals surface area contributed by atoms with Gasteiger partial charge in [-0.05, 0) is 17.9 Å². The third-order valence-electron chi connectivity index (χ3n) is 2.98. The fraction of sp³-hybridized carbons (Fsp3) is 0.562. The van der Waals surface area contributed by atoms with Gasteiger partial charge in [0.15, 0.2) is 0 Å². The number of benzene rings is 1. The van der Waals surface area contributed by atoms with Crippen LogP contribution in [0.2, 0.25) is 0 Å². The second-order valence-electron chi connectivity index (χ2n) is 4.84. The van der Waals surface area contributed by atoms with Gasteiger partial charge < -0.3 is 4.84 Å². The third kappa shape index (κ3) is 7.10. The molecule has 18 heavy (non-hydrogen) atoms. The van der Waals surface area contributed by atoms with E-state index in [0.29, 0.717) is 12.5 Å². The number of nitrogens with zero attached hydrogens (tertiary/aromatic N) is 1. The fourth-order valence-corrected chi connectivity index (χ4v) is 1.80. The smallest absolute Gasteiger partial charge is 0.142 e. The van der Waals surface area contributed by atoms with E-state index in [-0.39, 0.29) is 0 Å². The van der Waals surface area contributed by atoms with Gasteiger partial charge in [0.25, 0.3) is 0 Å². The normalized spacial score (nSPS) is 12.8. The average molecular weight is 247 g/mol. The van der Waals surface area contributed by atoms with Crippen LogP contribution < -0.4 is 0 Å². The van der Waals surface area contributed by atoms with Gasteiger partial charge in [0.1, 0.15) is 6.61 Å². The van der Waals surface area contributed by atoms with Gasteiger partial charge in [0.2, 0.25) is 0 Å². The van der Waals surface area contributed by atoms with Gasteiger partial charge >= 0.3 is 0 Å². The van der Waals surface area contributed by atoms with E-state index in [4.69, 9.17) is 4.84 Å². The van der Waals surface area contributed by atoms with Gasteiger partial charge in [-0.3, -0.25) is 0 Å². The van der Waals surface area contributed by atoms with Crippen LogP contribution in [0.4, 0.5) is 0 Å². The molecule has 1 aromatic rings. The molecule has 1 rings (SSSR count). The minimum Gasteiger partial charge on any atom is -0.391 e. The lowest BCUT2D eigenvalue weighted by Gasteiger charge is -2.05. The number of unbranched alkanes of at least 4 members (excludes halogenated alkanes) is 3. The third-order valence-corrected chi connectivity index (χ3v) is 2.98. The van der Waals surface area contributed by atoms with E-state index in [1.165, 1.54) is 32.1 Å². The van der Waals surface area contributed by atoms with Crippen LogP contribution in [0.1, 0.15) is 51.5 Å². The molecular formula is C16H25NO. The lowest BCUT2D eigenvalue weighted by Crippen LogP contribution is -1.97. The molecule has 100 valence electrons. The highest BCUT2D eigenvalue weighted by Crippen LogP contribution is 2.09. The summed E-state index contributed by atoms with van der Waals surface area (Å²) in [7, 11) is 0. The number of rotatable bonds is 9. The standard InChI is InChI=1S/C16H25NO/c1-3-4-5-7-10-15(2)13-17-18-14-16-11-8-6-9-12-16/h6,8-9,11-13,15H,3-5,7,10,14H2,1-2H3/b17-13+. The predicted molar refractivity (Wildman–Crippen MR) is 77.6 cm³/mol. The summed E-state index contributed by atoms with van der Waals surface area (Å²) in [5.41, 5.74) is 1.16. The summed E-state index contributed by atoms with van der Waals surface area (Å²) in [6, 6.07) is 10.1. The van der Waals surface area contributed by atoms with Crippen molar-refractivity contribution in [2.24, 2.45) is 11.1 Å². The Bertz CT molecular complexity index is 321. The summed E-state index contributed by atoms with van der Waals surface area (Å²) < 4.78 is 0. The first kappa shape index (κ1) is 14.7. The summed E-state index contributed by atoms with van der Waals surface area (Å²) in [4.78, 5) is 5.29. The molecule has 0 radical (unpaired) electrons. The Balaban J connectivity index is 2.09. The number of oxime groups is 1. The van der Waals surface area contributed by atoms with Crippen molar-refractivity contribution < 1.29 is 4.84 Å². The minimum atomic E-state index is 0.512. The van der Waals surface area contributed by atoms with Gasteiger partial charge in [-0.15, -0.1) is 0 Å². The molecule has 0 bridgehead atoms. The SMILES string of the molecule is CCCCCCC(C)/C=N/OCc1ccccc1. The van der Waals surface area contributed by atoms with Gasteiger partial charge in [-0.1, -0.05) is 75.0 Å². The predicted octanol–water partition coefficient (Wildman–Crippen LogP) is 4.80. The number of hydrogen-bond donors (Lipinski definition) is 0. The van der Waals surface area contributed by atoms with Crippen molar-refractivity contribution in [1.29, 1.82) is 0 Å². The van der Waals surface area contributed by atoms with Crippen LogP contribution >= 0.6 is 0 Å². The topological polar surface area (TPSA) is 21.6 Å². The molecule has 1 unspecified atom stereocenters. The second kappa shape index (κ2) is 9.69. The molecular weight excluding hydrogens is 222 g/mol. The highest BCUT2D eigenvalue weighted by atomic mass is 16.6. The van der Waals surface area contributed by atoms with Gasteiger partial charge in [0.05, 0.1) is 0 Å². The Morgan fingerprint density at radius 3 is 2.67 bits per heavy atom. The highest BCUT2D eigenvalue weighted by molar-refractivity contribution is 5.59. The summed E-state index contributed by atoms with van der Waals surface area (Å²) >= 11 is 0. The summed E-state index contributed by atoms with van der Waals surface area (Å²) in [6.07, 6.45) is 8.39. The molecule has 0 aliphatic carbocycles. The van der Waals surface area contributed by atoms with E-state index in [1.807, 2.05) is 36.5 Å². The average Bonchev–Trinajstić information content (AvgIpc) is 2.41.